The fourth-order valence-electron chi connectivity index (χ4n) is 7.58. The molecule has 0 fully saturated rings. The van der Waals surface area contributed by atoms with Gasteiger partial charge in [0.15, 0.2) is 0 Å². The highest BCUT2D eigenvalue weighted by molar-refractivity contribution is 6.30. The van der Waals surface area contributed by atoms with Crippen molar-refractivity contribution < 1.29 is 48.9 Å². The van der Waals surface area contributed by atoms with Crippen molar-refractivity contribution in [3.05, 3.63) is 107 Å². The summed E-state index contributed by atoms with van der Waals surface area (Å²) in [6.07, 6.45) is 0.927. The van der Waals surface area contributed by atoms with Crippen LogP contribution in [0.1, 0.15) is 60.6 Å². The van der Waals surface area contributed by atoms with Gasteiger partial charge in [-0.3, -0.25) is 33.6 Å². The van der Waals surface area contributed by atoms with E-state index < -0.39 is 84.2 Å². The average Bonchev–Trinajstić information content (AvgIpc) is 3.29. The highest BCUT2D eigenvalue weighted by Crippen LogP contribution is 2.39. The first-order valence-electron chi connectivity index (χ1n) is 21.2. The number of unbranched alkanes of at least 4 members (excludes halogenated alkanes) is 1. The zero-order chi connectivity index (χ0) is 48.4. The predicted molar refractivity (Wildman–Crippen MR) is 245 cm³/mol. The SMILES string of the molecule is C[C@@H]1NC(=O)[C@@H](N(C)C(=O)[C@H](CCCCN)NC(=O)c2ccc(-c3ccc(Cl)cc3)cc2)c2ccc(O)c(c2)-c2cc(ccc2O)C[C@@H](C(=O)N[C@@H](C)C(=O)N(C)[C@@H](CO)C(N)=O)NC1=O. The van der Waals surface area contributed by atoms with Crippen LogP contribution in [0.15, 0.2) is 84.9 Å². The van der Waals surface area contributed by atoms with Gasteiger partial charge in [0.1, 0.15) is 47.8 Å². The van der Waals surface area contributed by atoms with Crippen molar-refractivity contribution >= 4 is 53.0 Å². The number of carbonyl (C=O) groups is 7. The Morgan fingerprint density at radius 1 is 0.818 bits per heavy atom. The molecule has 0 saturated carbocycles. The summed E-state index contributed by atoms with van der Waals surface area (Å²) in [6.45, 7) is 2.26. The summed E-state index contributed by atoms with van der Waals surface area (Å²) in [7, 11) is 2.59. The summed E-state index contributed by atoms with van der Waals surface area (Å²) < 4.78 is 0. The van der Waals surface area contributed by atoms with E-state index in [2.05, 4.69) is 21.3 Å². The van der Waals surface area contributed by atoms with Gasteiger partial charge >= 0.3 is 0 Å². The van der Waals surface area contributed by atoms with Crippen LogP contribution in [-0.4, -0.2) is 124 Å². The van der Waals surface area contributed by atoms with E-state index in [1.807, 2.05) is 12.1 Å². The van der Waals surface area contributed by atoms with Crippen LogP contribution in [0.4, 0.5) is 0 Å². The van der Waals surface area contributed by atoms with E-state index in [-0.39, 0.29) is 46.6 Å². The molecule has 0 aromatic heterocycles. The van der Waals surface area contributed by atoms with Gasteiger partial charge in [0.2, 0.25) is 35.4 Å². The lowest BCUT2D eigenvalue weighted by molar-refractivity contribution is -0.142. The minimum atomic E-state index is -1.49. The quantitative estimate of drug-likeness (QED) is 0.0776. The molecule has 0 aliphatic carbocycles. The normalized spacial score (nSPS) is 17.4. The number of nitrogens with one attached hydrogen (secondary N) is 4. The minimum absolute atomic E-state index is 0.0608. The molecule has 66 heavy (non-hydrogen) atoms. The maximum absolute atomic E-state index is 14.6. The highest BCUT2D eigenvalue weighted by atomic mass is 35.5. The van der Waals surface area contributed by atoms with E-state index in [0.717, 1.165) is 20.9 Å². The first-order chi connectivity index (χ1) is 31.3. The largest absolute Gasteiger partial charge is 0.507 e. The van der Waals surface area contributed by atoms with E-state index >= 15 is 0 Å². The molecule has 0 unspecified atom stereocenters. The number of aliphatic hydroxyl groups excluding tert-OH is 1. The van der Waals surface area contributed by atoms with Gasteiger partial charge in [-0.25, -0.2) is 0 Å². The number of likely N-dealkylation sites (N-methyl/N-ethyl adjacent to an activating group) is 2. The number of hydrogen-bond acceptors (Lipinski definition) is 11. The number of nitrogens with zero attached hydrogens (tertiary/aromatic N) is 2. The van der Waals surface area contributed by atoms with E-state index in [1.54, 1.807) is 36.4 Å². The standard InChI is InChI=1S/C47H55ClN8O10/c1-25-42(61)54-36(44(63)52-26(2)46(65)55(3)37(24-57)41(50)60)22-27-8-18-38(58)33(21-27)34-23-31(15-19-39(34)59)40(45(64)51-25)56(4)47(66)35(7-5-6-20-49)53-43(62)30-11-9-28(10-12-30)29-13-16-32(48)17-14-29/h8-19,21,23,25-26,35-37,40,57-59H,5-7,20,22,24,49H2,1-4H3,(H2,50,60)(H,51,64)(H,52,63)(H,53,62)(H,54,61)/t25-,26-,35-,36-,37-,40-/m0/s1. The summed E-state index contributed by atoms with van der Waals surface area (Å²) in [5, 5.41) is 43.0. The number of phenolic OH excluding ortho intramolecular Hbond substituents is 2. The molecule has 5 rings (SSSR count). The second-order valence-corrected chi connectivity index (χ2v) is 16.6. The molecule has 0 saturated heterocycles. The maximum Gasteiger partial charge on any atom is 0.251 e. The Kier molecular flexibility index (Phi) is 16.9. The first-order valence-corrected chi connectivity index (χ1v) is 21.6. The van der Waals surface area contributed by atoms with Crippen molar-refractivity contribution in [3.63, 3.8) is 0 Å². The summed E-state index contributed by atoms with van der Waals surface area (Å²) in [5.74, 6) is -6.06. The molecule has 4 aromatic carbocycles. The Labute approximate surface area is 386 Å². The number of nitrogens with two attached hydrogens (primary N) is 2. The average molecular weight is 927 g/mol. The topological polar surface area (TPSA) is 287 Å². The molecule has 4 aromatic rings. The number of benzene rings is 4. The van der Waals surface area contributed by atoms with Crippen molar-refractivity contribution in [2.75, 3.05) is 27.2 Å². The maximum atomic E-state index is 14.6. The van der Waals surface area contributed by atoms with Gasteiger partial charge in [0.05, 0.1) is 6.61 Å². The molecule has 19 heteroatoms. The number of carbonyl (C=O) groups excluding carboxylic acids is 7. The fourth-order valence-corrected chi connectivity index (χ4v) is 7.70. The Hall–Kier alpha value is -7.02. The Balaban J connectivity index is 1.47. The number of fused-ring (bicyclic) bond motifs is 5. The van der Waals surface area contributed by atoms with Crippen LogP contribution in [0.5, 0.6) is 11.5 Å². The van der Waals surface area contributed by atoms with Crippen LogP contribution in [0.2, 0.25) is 5.02 Å². The van der Waals surface area contributed by atoms with Crippen molar-refractivity contribution in [1.82, 2.24) is 31.1 Å². The second kappa shape index (κ2) is 22.3. The van der Waals surface area contributed by atoms with E-state index in [4.69, 9.17) is 23.1 Å². The number of aliphatic hydroxyl groups is 1. The number of hydrogen-bond donors (Lipinski definition) is 9. The van der Waals surface area contributed by atoms with E-state index in [9.17, 15) is 48.9 Å². The Morgan fingerprint density at radius 3 is 2.03 bits per heavy atom. The van der Waals surface area contributed by atoms with Crippen molar-refractivity contribution in [2.24, 2.45) is 11.5 Å². The lowest BCUT2D eigenvalue weighted by Gasteiger charge is -2.32. The number of amides is 7. The summed E-state index contributed by atoms with van der Waals surface area (Å²) in [6, 6.07) is 14.4. The molecule has 4 bridgehead atoms. The van der Waals surface area contributed by atoms with Crippen LogP contribution in [0.25, 0.3) is 22.3 Å². The van der Waals surface area contributed by atoms with Crippen LogP contribution in [0.3, 0.4) is 0 Å². The molecule has 6 atom stereocenters. The zero-order valence-electron chi connectivity index (χ0n) is 36.9. The van der Waals surface area contributed by atoms with Gasteiger partial charge in [0, 0.05) is 42.2 Å². The van der Waals surface area contributed by atoms with Gasteiger partial charge in [-0.05, 0) is 110 Å². The number of phenols is 2. The molecule has 18 nitrogen and oxygen atoms in total. The van der Waals surface area contributed by atoms with Crippen LogP contribution < -0.4 is 32.7 Å². The molecule has 7 amide bonds. The number of rotatable bonds is 15. The van der Waals surface area contributed by atoms with E-state index in [1.165, 1.54) is 64.3 Å². The number of halogens is 1. The Bertz CT molecular complexity index is 2450. The number of primary amides is 1. The van der Waals surface area contributed by atoms with Crippen molar-refractivity contribution in [2.45, 2.75) is 75.8 Å². The molecule has 0 radical (unpaired) electrons. The van der Waals surface area contributed by atoms with Crippen molar-refractivity contribution in [3.8, 4) is 33.8 Å². The van der Waals surface area contributed by atoms with Gasteiger partial charge in [-0.1, -0.05) is 48.0 Å². The predicted octanol–water partition coefficient (Wildman–Crippen LogP) is 1.87. The highest BCUT2D eigenvalue weighted by Gasteiger charge is 2.37. The molecular formula is C47H55ClN8O10. The van der Waals surface area contributed by atoms with Crippen molar-refractivity contribution in [1.29, 1.82) is 0 Å². The fraction of sp³-hybridized carbons (Fsp3) is 0.340. The molecular weight excluding hydrogens is 872 g/mol. The van der Waals surface area contributed by atoms with Gasteiger partial charge < -0.3 is 57.9 Å². The molecule has 0 spiro atoms. The molecule has 1 aliphatic rings. The minimum Gasteiger partial charge on any atom is -0.507 e. The summed E-state index contributed by atoms with van der Waals surface area (Å²) in [4.78, 5) is 97.5. The number of aromatic hydroxyl groups is 2. The lowest BCUT2D eigenvalue weighted by Crippen LogP contribution is -2.58. The van der Waals surface area contributed by atoms with Gasteiger partial charge in [-0.2, -0.15) is 0 Å². The van der Waals surface area contributed by atoms with Gasteiger partial charge in [-0.15, -0.1) is 0 Å². The zero-order valence-corrected chi connectivity index (χ0v) is 37.7. The lowest BCUT2D eigenvalue weighted by atomic mass is 9.93. The summed E-state index contributed by atoms with van der Waals surface area (Å²) in [5.41, 5.74) is 13.8. The van der Waals surface area contributed by atoms with Gasteiger partial charge in [0.25, 0.3) is 5.91 Å². The second-order valence-electron chi connectivity index (χ2n) is 16.2. The molecule has 11 N–H and O–H groups in total. The summed E-state index contributed by atoms with van der Waals surface area (Å²) >= 11 is 6.04. The first kappa shape index (κ1) is 50.0. The third kappa shape index (κ3) is 12.0. The Morgan fingerprint density at radius 2 is 1.42 bits per heavy atom. The third-order valence-corrected chi connectivity index (χ3v) is 11.7. The smallest absolute Gasteiger partial charge is 0.251 e. The molecule has 350 valence electrons. The third-order valence-electron chi connectivity index (χ3n) is 11.4. The molecule has 1 aliphatic heterocycles. The van der Waals surface area contributed by atoms with Crippen LogP contribution >= 0.6 is 11.6 Å². The van der Waals surface area contributed by atoms with E-state index in [0.29, 0.717) is 30.0 Å². The van der Waals surface area contributed by atoms with Crippen LogP contribution in [-0.2, 0) is 35.2 Å². The van der Waals surface area contributed by atoms with Crippen LogP contribution in [0, 0.1) is 0 Å². The molecule has 1 heterocycles. The monoisotopic (exact) mass is 926 g/mol.